The number of nitrogens with zero attached hydrogens (tertiary/aromatic N) is 3. The molecule has 1 N–H and O–H groups in total. The first-order valence-electron chi connectivity index (χ1n) is 9.48. The number of aromatic nitrogens is 1. The molecule has 0 radical (unpaired) electrons. The van der Waals surface area contributed by atoms with Crippen molar-refractivity contribution in [2.45, 2.75) is 57.5 Å². The summed E-state index contributed by atoms with van der Waals surface area (Å²) >= 11 is 0. The Morgan fingerprint density at radius 3 is 2.58 bits per heavy atom. The Morgan fingerprint density at radius 1 is 1.27 bits per heavy atom. The summed E-state index contributed by atoms with van der Waals surface area (Å²) in [6.07, 6.45) is 5.93. The normalized spacial score (nSPS) is 22.7. The molecular formula is C19H28N4O3. The van der Waals surface area contributed by atoms with Crippen molar-refractivity contribution in [2.24, 2.45) is 7.05 Å². The maximum absolute atomic E-state index is 13.0. The van der Waals surface area contributed by atoms with Crippen molar-refractivity contribution in [3.05, 3.63) is 24.0 Å². The highest BCUT2D eigenvalue weighted by Crippen LogP contribution is 2.32. The molecule has 1 unspecified atom stereocenters. The molecular weight excluding hydrogens is 332 g/mol. The summed E-state index contributed by atoms with van der Waals surface area (Å²) in [5.74, 6) is -0.448. The molecule has 0 saturated carbocycles. The second kappa shape index (κ2) is 7.13. The summed E-state index contributed by atoms with van der Waals surface area (Å²) in [5, 5.41) is 2.79. The molecule has 0 bridgehead atoms. The van der Waals surface area contributed by atoms with E-state index in [1.54, 1.807) is 0 Å². The summed E-state index contributed by atoms with van der Waals surface area (Å²) in [7, 11) is 1.97. The highest BCUT2D eigenvalue weighted by molar-refractivity contribution is 6.09. The van der Waals surface area contributed by atoms with Crippen molar-refractivity contribution in [3.8, 4) is 0 Å². The predicted molar refractivity (Wildman–Crippen MR) is 97.3 cm³/mol. The molecule has 0 spiro atoms. The number of aryl methyl sites for hydroxylation is 1. The molecule has 1 atom stereocenters. The van der Waals surface area contributed by atoms with Gasteiger partial charge >= 0.3 is 6.03 Å². The lowest BCUT2D eigenvalue weighted by Crippen LogP contribution is -2.48. The first kappa shape index (κ1) is 18.5. The minimum atomic E-state index is -0.864. The molecule has 1 aromatic heterocycles. The first-order valence-corrected chi connectivity index (χ1v) is 9.48. The zero-order valence-corrected chi connectivity index (χ0v) is 15.8. The van der Waals surface area contributed by atoms with Crippen LogP contribution in [0.3, 0.4) is 0 Å². The average Bonchev–Trinajstić information content (AvgIpc) is 3.18. The summed E-state index contributed by atoms with van der Waals surface area (Å²) < 4.78 is 2.03. The molecule has 142 valence electrons. The van der Waals surface area contributed by atoms with Crippen LogP contribution in [0, 0.1) is 0 Å². The largest absolute Gasteiger partial charge is 0.353 e. The van der Waals surface area contributed by atoms with Crippen molar-refractivity contribution in [1.29, 1.82) is 0 Å². The van der Waals surface area contributed by atoms with Crippen molar-refractivity contribution in [2.75, 3.05) is 13.1 Å². The number of carbonyl (C=O) groups excluding carboxylic acids is 3. The average molecular weight is 360 g/mol. The Balaban J connectivity index is 1.77. The molecule has 3 heterocycles. The zero-order valence-electron chi connectivity index (χ0n) is 15.8. The number of likely N-dealkylation sites (tertiary alicyclic amines) is 1. The Bertz CT molecular complexity index is 707. The van der Waals surface area contributed by atoms with E-state index in [1.807, 2.05) is 48.7 Å². The van der Waals surface area contributed by atoms with Crippen LogP contribution in [0.2, 0.25) is 0 Å². The van der Waals surface area contributed by atoms with Crippen LogP contribution in [0.5, 0.6) is 0 Å². The second-order valence-corrected chi connectivity index (χ2v) is 7.25. The van der Waals surface area contributed by atoms with E-state index in [0.29, 0.717) is 19.4 Å². The molecule has 3 rings (SSSR count). The van der Waals surface area contributed by atoms with Gasteiger partial charge in [0.1, 0.15) is 12.1 Å². The van der Waals surface area contributed by atoms with Crippen molar-refractivity contribution >= 4 is 17.8 Å². The van der Waals surface area contributed by atoms with Crippen LogP contribution in [0.4, 0.5) is 4.79 Å². The van der Waals surface area contributed by atoms with E-state index in [-0.39, 0.29) is 24.4 Å². The maximum Gasteiger partial charge on any atom is 0.325 e. The number of nitrogens with one attached hydrogen (secondary N) is 1. The molecule has 2 aliphatic heterocycles. The van der Waals surface area contributed by atoms with Gasteiger partial charge in [0.25, 0.3) is 5.91 Å². The number of rotatable bonds is 5. The van der Waals surface area contributed by atoms with E-state index in [1.165, 1.54) is 0 Å². The summed E-state index contributed by atoms with van der Waals surface area (Å²) in [4.78, 5) is 41.0. The highest BCUT2D eigenvalue weighted by atomic mass is 16.2. The number of piperidine rings is 1. The number of urea groups is 1. The van der Waals surface area contributed by atoms with Crippen molar-refractivity contribution in [3.63, 3.8) is 0 Å². The van der Waals surface area contributed by atoms with Crippen LogP contribution >= 0.6 is 0 Å². The number of amides is 4. The second-order valence-electron chi connectivity index (χ2n) is 7.25. The molecule has 7 nitrogen and oxygen atoms in total. The Labute approximate surface area is 154 Å². The van der Waals surface area contributed by atoms with Gasteiger partial charge in [-0.1, -0.05) is 13.8 Å². The summed E-state index contributed by atoms with van der Waals surface area (Å²) in [5.41, 5.74) is 0.225. The Morgan fingerprint density at radius 2 is 2.00 bits per heavy atom. The summed E-state index contributed by atoms with van der Waals surface area (Å²) in [6, 6.07) is 3.54. The minimum Gasteiger partial charge on any atom is -0.353 e. The predicted octanol–water partition coefficient (Wildman–Crippen LogP) is 2.19. The SMILES string of the molecule is CCC1(CC)NC(=O)N(CC(=O)N2CCCCC2c2cccn2C)C1=O. The third-order valence-electron chi connectivity index (χ3n) is 5.89. The van der Waals surface area contributed by atoms with Gasteiger partial charge in [0.15, 0.2) is 0 Å². The van der Waals surface area contributed by atoms with E-state index in [4.69, 9.17) is 0 Å². The van der Waals surface area contributed by atoms with Gasteiger partial charge in [-0.05, 0) is 44.2 Å². The van der Waals surface area contributed by atoms with Gasteiger partial charge in [0.2, 0.25) is 5.91 Å². The van der Waals surface area contributed by atoms with Gasteiger partial charge in [-0.3, -0.25) is 14.5 Å². The lowest BCUT2D eigenvalue weighted by atomic mass is 9.93. The molecule has 2 aliphatic rings. The van der Waals surface area contributed by atoms with E-state index in [2.05, 4.69) is 5.32 Å². The lowest BCUT2D eigenvalue weighted by Gasteiger charge is -2.36. The summed E-state index contributed by atoms with van der Waals surface area (Å²) in [6.45, 7) is 4.23. The third kappa shape index (κ3) is 2.99. The monoisotopic (exact) mass is 360 g/mol. The quantitative estimate of drug-likeness (QED) is 0.818. The van der Waals surface area contributed by atoms with Gasteiger partial charge in [-0.2, -0.15) is 0 Å². The molecule has 2 saturated heterocycles. The van der Waals surface area contributed by atoms with Gasteiger partial charge < -0.3 is 14.8 Å². The topological polar surface area (TPSA) is 74.7 Å². The van der Waals surface area contributed by atoms with Crippen LogP contribution in [0.1, 0.15) is 57.7 Å². The number of imide groups is 1. The molecule has 2 fully saturated rings. The fourth-order valence-corrected chi connectivity index (χ4v) is 4.13. The van der Waals surface area contributed by atoms with E-state index < -0.39 is 11.6 Å². The Kier molecular flexibility index (Phi) is 5.07. The first-order chi connectivity index (χ1) is 12.4. The molecule has 1 aromatic rings. The molecule has 0 aliphatic carbocycles. The van der Waals surface area contributed by atoms with E-state index >= 15 is 0 Å². The van der Waals surface area contributed by atoms with E-state index in [9.17, 15) is 14.4 Å². The third-order valence-corrected chi connectivity index (χ3v) is 5.89. The number of hydrogen-bond donors (Lipinski definition) is 1. The number of carbonyl (C=O) groups is 3. The van der Waals surface area contributed by atoms with Crippen LogP contribution in [-0.2, 0) is 16.6 Å². The van der Waals surface area contributed by atoms with Gasteiger partial charge in [0, 0.05) is 25.5 Å². The number of hydrogen-bond acceptors (Lipinski definition) is 3. The van der Waals surface area contributed by atoms with Gasteiger partial charge in [0.05, 0.1) is 6.04 Å². The van der Waals surface area contributed by atoms with Crippen molar-refractivity contribution < 1.29 is 14.4 Å². The van der Waals surface area contributed by atoms with Crippen LogP contribution in [-0.4, -0.2) is 50.8 Å². The molecule has 7 heteroatoms. The lowest BCUT2D eigenvalue weighted by molar-refractivity contribution is -0.141. The van der Waals surface area contributed by atoms with Gasteiger partial charge in [-0.25, -0.2) is 4.79 Å². The standard InChI is InChI=1S/C19H28N4O3/c1-4-19(5-2)17(25)23(18(26)20-19)13-16(24)22-12-7-6-9-15(22)14-10-8-11-21(14)3/h8,10-11,15H,4-7,9,12-13H2,1-3H3,(H,20,26). The minimum absolute atomic E-state index is 0.000811. The van der Waals surface area contributed by atoms with Gasteiger partial charge in [-0.15, -0.1) is 0 Å². The zero-order chi connectivity index (χ0) is 18.9. The molecule has 4 amide bonds. The smallest absolute Gasteiger partial charge is 0.325 e. The fraction of sp³-hybridized carbons (Fsp3) is 0.632. The van der Waals surface area contributed by atoms with Crippen LogP contribution < -0.4 is 5.32 Å². The van der Waals surface area contributed by atoms with Crippen molar-refractivity contribution in [1.82, 2.24) is 19.7 Å². The highest BCUT2D eigenvalue weighted by Gasteiger charge is 2.49. The Hall–Kier alpha value is -2.31. The van der Waals surface area contributed by atoms with Crippen LogP contribution in [0.15, 0.2) is 18.3 Å². The molecule has 26 heavy (non-hydrogen) atoms. The van der Waals surface area contributed by atoms with Crippen LogP contribution in [0.25, 0.3) is 0 Å². The molecule has 0 aromatic carbocycles. The maximum atomic E-state index is 13.0. The van der Waals surface area contributed by atoms with E-state index in [0.717, 1.165) is 29.9 Å². The fourth-order valence-electron chi connectivity index (χ4n) is 4.13.